The maximum Gasteiger partial charge on any atom is 0.138 e. The fourth-order valence-electron chi connectivity index (χ4n) is 2.47. The fraction of sp³-hybridized carbons (Fsp3) is 0.400. The molecule has 3 rings (SSSR count). The molecule has 1 fully saturated rings. The first kappa shape index (κ1) is 12.2. The Hall–Kier alpha value is -1.81. The molecule has 1 aliphatic rings. The molecule has 2 aromatic rings. The molecule has 0 aliphatic carbocycles. The highest BCUT2D eigenvalue weighted by Crippen LogP contribution is 2.24. The second-order valence-electron chi connectivity index (χ2n) is 4.91. The minimum Gasteiger partial charge on any atom is -0.487 e. The summed E-state index contributed by atoms with van der Waals surface area (Å²) in [7, 11) is 0. The lowest BCUT2D eigenvalue weighted by atomic mass is 10.1. The quantitative estimate of drug-likeness (QED) is 0.916. The van der Waals surface area contributed by atoms with Crippen LogP contribution in [0.25, 0.3) is 11.3 Å². The van der Waals surface area contributed by atoms with Crippen LogP contribution in [0.4, 0.5) is 0 Å². The lowest BCUT2D eigenvalue weighted by molar-refractivity contribution is 0.179. The highest BCUT2D eigenvalue weighted by atomic mass is 16.5. The topological polar surface area (TPSA) is 47.3 Å². The molecule has 0 radical (unpaired) electrons. The summed E-state index contributed by atoms with van der Waals surface area (Å²) in [5.41, 5.74) is 0.939. The molecule has 0 spiro atoms. The Morgan fingerprint density at radius 1 is 1.47 bits per heavy atom. The number of hydrogen-bond donors (Lipinski definition) is 1. The van der Waals surface area contributed by atoms with E-state index >= 15 is 0 Å². The van der Waals surface area contributed by atoms with E-state index in [1.165, 1.54) is 12.8 Å². The van der Waals surface area contributed by atoms with Crippen molar-refractivity contribution in [2.45, 2.75) is 31.9 Å². The van der Waals surface area contributed by atoms with Gasteiger partial charge in [-0.2, -0.15) is 0 Å². The van der Waals surface area contributed by atoms with Crippen LogP contribution >= 0.6 is 0 Å². The predicted octanol–water partition coefficient (Wildman–Crippen LogP) is 2.86. The molecule has 4 nitrogen and oxygen atoms in total. The Balaban J connectivity index is 1.72. The molecule has 1 unspecified atom stereocenters. The summed E-state index contributed by atoms with van der Waals surface area (Å²) in [5.74, 6) is 1.60. The van der Waals surface area contributed by atoms with E-state index in [2.05, 4.69) is 17.2 Å². The van der Waals surface area contributed by atoms with Gasteiger partial charge in [0.1, 0.15) is 17.6 Å². The average molecular weight is 258 g/mol. The summed E-state index contributed by atoms with van der Waals surface area (Å²) < 4.78 is 11.3. The van der Waals surface area contributed by atoms with Crippen molar-refractivity contribution in [3.05, 3.63) is 36.9 Å². The van der Waals surface area contributed by atoms with Crippen LogP contribution in [0.5, 0.6) is 5.75 Å². The first-order valence-electron chi connectivity index (χ1n) is 6.72. The van der Waals surface area contributed by atoms with Crippen molar-refractivity contribution < 1.29 is 9.15 Å². The Morgan fingerprint density at radius 2 is 2.42 bits per heavy atom. The second kappa shape index (κ2) is 5.45. The van der Waals surface area contributed by atoms with Gasteiger partial charge in [0.25, 0.3) is 0 Å². The first-order chi connectivity index (χ1) is 9.33. The first-order valence-corrected chi connectivity index (χ1v) is 6.72. The third-order valence-corrected chi connectivity index (χ3v) is 3.51. The molecule has 1 N–H and O–H groups in total. The summed E-state index contributed by atoms with van der Waals surface area (Å²) in [4.78, 5) is 4.21. The minimum atomic E-state index is 0.149. The third-order valence-electron chi connectivity index (χ3n) is 3.51. The van der Waals surface area contributed by atoms with Crippen molar-refractivity contribution in [3.8, 4) is 17.1 Å². The summed E-state index contributed by atoms with van der Waals surface area (Å²) >= 11 is 0. The van der Waals surface area contributed by atoms with Gasteiger partial charge < -0.3 is 14.5 Å². The molecule has 19 heavy (non-hydrogen) atoms. The molecule has 0 bridgehead atoms. The van der Waals surface area contributed by atoms with Crippen LogP contribution in [0.2, 0.25) is 0 Å². The SMILES string of the molecule is CC(Oc1cncc(-c2ccco2)c1)[C@@H]1CCCN1. The van der Waals surface area contributed by atoms with Crippen molar-refractivity contribution in [1.29, 1.82) is 0 Å². The number of nitrogens with one attached hydrogen (secondary N) is 1. The van der Waals surface area contributed by atoms with E-state index in [-0.39, 0.29) is 6.10 Å². The van der Waals surface area contributed by atoms with Crippen LogP contribution in [0, 0.1) is 0 Å². The van der Waals surface area contributed by atoms with Gasteiger partial charge in [0.15, 0.2) is 0 Å². The van der Waals surface area contributed by atoms with Gasteiger partial charge in [-0.1, -0.05) is 0 Å². The monoisotopic (exact) mass is 258 g/mol. The van der Waals surface area contributed by atoms with Gasteiger partial charge in [-0.05, 0) is 44.5 Å². The summed E-state index contributed by atoms with van der Waals surface area (Å²) in [6.45, 7) is 3.19. The second-order valence-corrected chi connectivity index (χ2v) is 4.91. The molecule has 2 atom stereocenters. The summed E-state index contributed by atoms with van der Waals surface area (Å²) in [5, 5.41) is 3.45. The van der Waals surface area contributed by atoms with Crippen LogP contribution < -0.4 is 10.1 Å². The van der Waals surface area contributed by atoms with E-state index in [1.807, 2.05) is 18.2 Å². The number of nitrogens with zero attached hydrogens (tertiary/aromatic N) is 1. The van der Waals surface area contributed by atoms with E-state index in [9.17, 15) is 0 Å². The average Bonchev–Trinajstić information content (AvgIpc) is 3.13. The number of hydrogen-bond acceptors (Lipinski definition) is 4. The van der Waals surface area contributed by atoms with Gasteiger partial charge in [-0.15, -0.1) is 0 Å². The molecule has 0 aromatic carbocycles. The van der Waals surface area contributed by atoms with Crippen LogP contribution in [-0.2, 0) is 0 Å². The number of furan rings is 1. The van der Waals surface area contributed by atoms with Gasteiger partial charge in [0.05, 0.1) is 12.5 Å². The van der Waals surface area contributed by atoms with Crippen LogP contribution in [-0.4, -0.2) is 23.7 Å². The number of aromatic nitrogens is 1. The molecule has 4 heteroatoms. The van der Waals surface area contributed by atoms with Gasteiger partial charge in [-0.3, -0.25) is 4.98 Å². The van der Waals surface area contributed by atoms with E-state index in [0.29, 0.717) is 6.04 Å². The van der Waals surface area contributed by atoms with E-state index in [0.717, 1.165) is 23.6 Å². The molecule has 0 amide bonds. The third kappa shape index (κ3) is 2.79. The van der Waals surface area contributed by atoms with Crippen molar-refractivity contribution >= 4 is 0 Å². The van der Waals surface area contributed by atoms with Crippen LogP contribution in [0.15, 0.2) is 41.3 Å². The normalized spacial score (nSPS) is 20.4. The van der Waals surface area contributed by atoms with Gasteiger partial charge in [-0.25, -0.2) is 0 Å². The van der Waals surface area contributed by atoms with Gasteiger partial charge >= 0.3 is 0 Å². The van der Waals surface area contributed by atoms with Crippen LogP contribution in [0.3, 0.4) is 0 Å². The highest BCUT2D eigenvalue weighted by Gasteiger charge is 2.22. The number of rotatable bonds is 4. The molecule has 2 aromatic heterocycles. The largest absolute Gasteiger partial charge is 0.487 e. The Morgan fingerprint density at radius 3 is 3.16 bits per heavy atom. The Kier molecular flexibility index (Phi) is 3.51. The minimum absolute atomic E-state index is 0.149. The van der Waals surface area contributed by atoms with E-state index < -0.39 is 0 Å². The lowest BCUT2D eigenvalue weighted by Crippen LogP contribution is -2.36. The highest BCUT2D eigenvalue weighted by molar-refractivity contribution is 5.57. The van der Waals surface area contributed by atoms with E-state index in [1.54, 1.807) is 18.7 Å². The van der Waals surface area contributed by atoms with Crippen molar-refractivity contribution in [2.24, 2.45) is 0 Å². The smallest absolute Gasteiger partial charge is 0.138 e. The molecular weight excluding hydrogens is 240 g/mol. The zero-order chi connectivity index (χ0) is 13.1. The molecule has 3 heterocycles. The lowest BCUT2D eigenvalue weighted by Gasteiger charge is -2.21. The maximum atomic E-state index is 5.97. The number of pyridine rings is 1. The van der Waals surface area contributed by atoms with Crippen molar-refractivity contribution in [1.82, 2.24) is 10.3 Å². The van der Waals surface area contributed by atoms with Crippen LogP contribution in [0.1, 0.15) is 19.8 Å². The summed E-state index contributed by atoms with van der Waals surface area (Å²) in [6, 6.07) is 6.20. The fourth-order valence-corrected chi connectivity index (χ4v) is 2.47. The standard InChI is InChI=1S/C15H18N2O2/c1-11(14-4-2-6-17-14)19-13-8-12(9-16-10-13)15-5-3-7-18-15/h3,5,7-11,14,17H,2,4,6H2,1H3/t11?,14-/m0/s1. The summed E-state index contributed by atoms with van der Waals surface area (Å²) in [6.07, 6.45) is 7.74. The Labute approximate surface area is 112 Å². The molecular formula is C15H18N2O2. The number of ether oxygens (including phenoxy) is 1. The molecule has 1 saturated heterocycles. The molecule has 1 aliphatic heterocycles. The maximum absolute atomic E-state index is 5.97. The molecule has 100 valence electrons. The van der Waals surface area contributed by atoms with Crippen molar-refractivity contribution in [2.75, 3.05) is 6.54 Å². The predicted molar refractivity (Wildman–Crippen MR) is 73.1 cm³/mol. The Bertz CT molecular complexity index is 519. The van der Waals surface area contributed by atoms with Crippen molar-refractivity contribution in [3.63, 3.8) is 0 Å². The zero-order valence-corrected chi connectivity index (χ0v) is 11.0. The molecule has 0 saturated carbocycles. The zero-order valence-electron chi connectivity index (χ0n) is 11.0. The van der Waals surface area contributed by atoms with Gasteiger partial charge in [0.2, 0.25) is 0 Å². The van der Waals surface area contributed by atoms with Gasteiger partial charge in [0, 0.05) is 17.8 Å². The van der Waals surface area contributed by atoms with E-state index in [4.69, 9.17) is 9.15 Å².